The van der Waals surface area contributed by atoms with E-state index in [1.165, 1.54) is 25.7 Å². The van der Waals surface area contributed by atoms with Gasteiger partial charge in [0.05, 0.1) is 11.9 Å². The number of sulfonamides is 1. The van der Waals surface area contributed by atoms with Gasteiger partial charge in [-0.05, 0) is 12.3 Å². The highest BCUT2D eigenvalue weighted by Crippen LogP contribution is 2.36. The molecule has 1 aliphatic carbocycles. The van der Waals surface area contributed by atoms with Gasteiger partial charge in [-0.1, -0.05) is 25.7 Å². The summed E-state index contributed by atoms with van der Waals surface area (Å²) in [4.78, 5) is 2.14. The zero-order valence-corrected chi connectivity index (χ0v) is 11.6. The third-order valence-electron chi connectivity index (χ3n) is 4.40. The van der Waals surface area contributed by atoms with Crippen LogP contribution in [0.4, 0.5) is 0 Å². The average molecular weight is 276 g/mol. The van der Waals surface area contributed by atoms with Gasteiger partial charge in [-0.25, -0.2) is 13.6 Å². The number of rotatable bonds is 4. The zero-order valence-electron chi connectivity index (χ0n) is 10.8. The van der Waals surface area contributed by atoms with Gasteiger partial charge in [0.1, 0.15) is 0 Å². The lowest BCUT2D eigenvalue weighted by Crippen LogP contribution is -2.47. The van der Waals surface area contributed by atoms with Gasteiger partial charge in [0.2, 0.25) is 10.0 Å². The molecule has 1 saturated heterocycles. The van der Waals surface area contributed by atoms with E-state index in [1.54, 1.807) is 0 Å². The molecule has 0 aromatic heterocycles. The van der Waals surface area contributed by atoms with Crippen LogP contribution in [0.3, 0.4) is 0 Å². The van der Waals surface area contributed by atoms with Crippen molar-refractivity contribution in [2.75, 3.05) is 25.4 Å². The molecule has 1 saturated carbocycles. The molecule has 2 atom stereocenters. The molecule has 0 spiro atoms. The molecule has 0 radical (unpaired) electrons. The SMILES string of the molecule is NS(=O)(=O)CCN1CC[C@@H](O)[C@H](C2CCCC2)C1. The molecular weight excluding hydrogens is 252 g/mol. The quantitative estimate of drug-likeness (QED) is 0.765. The third kappa shape index (κ3) is 3.91. The number of hydrogen-bond acceptors (Lipinski definition) is 4. The molecule has 106 valence electrons. The van der Waals surface area contributed by atoms with E-state index in [2.05, 4.69) is 4.90 Å². The topological polar surface area (TPSA) is 83.6 Å². The monoisotopic (exact) mass is 276 g/mol. The lowest BCUT2D eigenvalue weighted by Gasteiger charge is -2.39. The predicted molar refractivity (Wildman–Crippen MR) is 70.5 cm³/mol. The van der Waals surface area contributed by atoms with Crippen LogP contribution in [0.15, 0.2) is 0 Å². The summed E-state index contributed by atoms with van der Waals surface area (Å²) in [5, 5.41) is 15.1. The lowest BCUT2D eigenvalue weighted by atomic mass is 9.82. The molecule has 2 rings (SSSR count). The molecule has 18 heavy (non-hydrogen) atoms. The van der Waals surface area contributed by atoms with Gasteiger partial charge in [0.15, 0.2) is 0 Å². The molecule has 0 amide bonds. The molecular formula is C12H24N2O3S. The molecule has 0 aromatic carbocycles. The highest BCUT2D eigenvalue weighted by Gasteiger charge is 2.35. The summed E-state index contributed by atoms with van der Waals surface area (Å²) in [6, 6.07) is 0. The minimum Gasteiger partial charge on any atom is -0.393 e. The van der Waals surface area contributed by atoms with Crippen molar-refractivity contribution in [3.8, 4) is 0 Å². The van der Waals surface area contributed by atoms with Crippen LogP contribution in [0.1, 0.15) is 32.1 Å². The highest BCUT2D eigenvalue weighted by molar-refractivity contribution is 7.89. The molecule has 3 N–H and O–H groups in total. The molecule has 2 fully saturated rings. The van der Waals surface area contributed by atoms with Gasteiger partial charge in [-0.15, -0.1) is 0 Å². The summed E-state index contributed by atoms with van der Waals surface area (Å²) >= 11 is 0. The summed E-state index contributed by atoms with van der Waals surface area (Å²) in [7, 11) is -3.38. The Hall–Kier alpha value is -0.170. The van der Waals surface area contributed by atoms with Crippen LogP contribution in [0, 0.1) is 11.8 Å². The van der Waals surface area contributed by atoms with Gasteiger partial charge in [-0.2, -0.15) is 0 Å². The molecule has 5 nitrogen and oxygen atoms in total. The normalized spacial score (nSPS) is 31.9. The second-order valence-corrected chi connectivity index (χ2v) is 7.47. The van der Waals surface area contributed by atoms with Crippen molar-refractivity contribution in [3.05, 3.63) is 0 Å². The standard InChI is InChI=1S/C12H24N2O3S/c13-18(16,17)8-7-14-6-5-12(15)11(9-14)10-3-1-2-4-10/h10-12,15H,1-9H2,(H2,13,16,17)/t11-,12+/m0/s1. The maximum atomic E-state index is 11.0. The summed E-state index contributed by atoms with van der Waals surface area (Å²) in [5.74, 6) is 0.958. The van der Waals surface area contributed by atoms with Crippen LogP contribution < -0.4 is 5.14 Å². The minimum atomic E-state index is -3.38. The Balaban J connectivity index is 1.87. The van der Waals surface area contributed by atoms with Gasteiger partial charge in [-0.3, -0.25) is 0 Å². The van der Waals surface area contributed by atoms with Gasteiger partial charge < -0.3 is 10.0 Å². The van der Waals surface area contributed by atoms with E-state index in [4.69, 9.17) is 5.14 Å². The third-order valence-corrected chi connectivity index (χ3v) is 5.15. The number of aliphatic hydroxyl groups excluding tert-OH is 1. The van der Waals surface area contributed by atoms with Gasteiger partial charge in [0, 0.05) is 25.6 Å². The number of hydrogen-bond donors (Lipinski definition) is 2. The summed E-state index contributed by atoms with van der Waals surface area (Å²) in [5.41, 5.74) is 0. The van der Waals surface area contributed by atoms with Crippen molar-refractivity contribution in [1.29, 1.82) is 0 Å². The summed E-state index contributed by atoms with van der Waals surface area (Å²) < 4.78 is 22.0. The van der Waals surface area contributed by atoms with Crippen LogP contribution >= 0.6 is 0 Å². The Morgan fingerprint density at radius 1 is 1.22 bits per heavy atom. The molecule has 1 aliphatic heterocycles. The first-order valence-corrected chi connectivity index (χ1v) is 8.58. The van der Waals surface area contributed by atoms with E-state index in [0.29, 0.717) is 18.4 Å². The van der Waals surface area contributed by atoms with Crippen LogP contribution in [0.25, 0.3) is 0 Å². The Morgan fingerprint density at radius 2 is 1.89 bits per heavy atom. The van der Waals surface area contributed by atoms with Gasteiger partial charge in [0.25, 0.3) is 0 Å². The Bertz CT molecular complexity index is 366. The summed E-state index contributed by atoms with van der Waals surface area (Å²) in [6.07, 6.45) is 5.51. The fourth-order valence-electron chi connectivity index (χ4n) is 3.35. The molecule has 6 heteroatoms. The zero-order chi connectivity index (χ0) is 13.2. The van der Waals surface area contributed by atoms with E-state index in [0.717, 1.165) is 19.5 Å². The Kier molecular flexibility index (Phi) is 4.64. The van der Waals surface area contributed by atoms with Crippen molar-refractivity contribution < 1.29 is 13.5 Å². The first kappa shape index (κ1) is 14.2. The van der Waals surface area contributed by atoms with Crippen molar-refractivity contribution in [1.82, 2.24) is 4.90 Å². The average Bonchev–Trinajstić information content (AvgIpc) is 2.80. The Morgan fingerprint density at radius 3 is 2.50 bits per heavy atom. The first-order chi connectivity index (χ1) is 8.46. The molecule has 0 aromatic rings. The van der Waals surface area contributed by atoms with Crippen LogP contribution in [0.5, 0.6) is 0 Å². The van der Waals surface area contributed by atoms with Crippen LogP contribution in [-0.4, -0.2) is 49.9 Å². The van der Waals surface area contributed by atoms with Crippen molar-refractivity contribution >= 4 is 10.0 Å². The van der Waals surface area contributed by atoms with Crippen molar-refractivity contribution in [2.45, 2.75) is 38.2 Å². The van der Waals surface area contributed by atoms with E-state index in [-0.39, 0.29) is 11.9 Å². The van der Waals surface area contributed by atoms with Crippen molar-refractivity contribution in [3.63, 3.8) is 0 Å². The number of primary sulfonamides is 1. The molecule has 0 unspecified atom stereocenters. The number of aliphatic hydroxyl groups is 1. The van der Waals surface area contributed by atoms with E-state index >= 15 is 0 Å². The van der Waals surface area contributed by atoms with E-state index < -0.39 is 10.0 Å². The fraction of sp³-hybridized carbons (Fsp3) is 1.00. The number of piperidine rings is 1. The van der Waals surface area contributed by atoms with E-state index in [9.17, 15) is 13.5 Å². The molecule has 0 bridgehead atoms. The van der Waals surface area contributed by atoms with Crippen LogP contribution in [-0.2, 0) is 10.0 Å². The Labute approximate surface area is 109 Å². The summed E-state index contributed by atoms with van der Waals surface area (Å²) in [6.45, 7) is 2.09. The smallest absolute Gasteiger partial charge is 0.210 e. The highest BCUT2D eigenvalue weighted by atomic mass is 32.2. The second-order valence-electron chi connectivity index (χ2n) is 5.73. The second kappa shape index (κ2) is 5.86. The minimum absolute atomic E-state index is 0.0144. The maximum absolute atomic E-state index is 11.0. The number of nitrogens with zero attached hydrogens (tertiary/aromatic N) is 1. The fourth-order valence-corrected chi connectivity index (χ4v) is 3.86. The van der Waals surface area contributed by atoms with Crippen LogP contribution in [0.2, 0.25) is 0 Å². The molecule has 1 heterocycles. The maximum Gasteiger partial charge on any atom is 0.210 e. The van der Waals surface area contributed by atoms with E-state index in [1.807, 2.05) is 0 Å². The lowest BCUT2D eigenvalue weighted by molar-refractivity contribution is 0.00199. The number of nitrogens with two attached hydrogens (primary N) is 1. The predicted octanol–water partition coefficient (Wildman–Crippen LogP) is 0.148. The van der Waals surface area contributed by atoms with Crippen molar-refractivity contribution in [2.24, 2.45) is 17.0 Å². The molecule has 2 aliphatic rings. The first-order valence-electron chi connectivity index (χ1n) is 6.86. The number of likely N-dealkylation sites (tertiary alicyclic amines) is 1. The van der Waals surface area contributed by atoms with Gasteiger partial charge >= 0.3 is 0 Å². The largest absolute Gasteiger partial charge is 0.393 e.